The van der Waals surface area contributed by atoms with Gasteiger partial charge in [0.2, 0.25) is 5.91 Å². The minimum atomic E-state index is -1.48. The predicted octanol–water partition coefficient (Wildman–Crippen LogP) is 4.85. The van der Waals surface area contributed by atoms with Crippen LogP contribution in [0.2, 0.25) is 5.02 Å². The normalized spacial score (nSPS) is 19.8. The number of hydrogen-bond donors (Lipinski definition) is 2. The molecule has 2 N–H and O–H groups in total. The zero-order chi connectivity index (χ0) is 20.8. The standard InChI is InChI=1S/C18H12Cl3F2NO4/c1-28-15-9(17(26)27)5-8(6-12(15)23)24-16(25)14-13(18(14,20)21)7-2-3-11(22)10(19)4-7/h2-6,13-14H,1H3,(H,24,25)(H,26,27). The molecule has 1 amide bonds. The van der Waals surface area contributed by atoms with Crippen molar-refractivity contribution in [3.8, 4) is 5.75 Å². The molecule has 1 fully saturated rings. The number of methoxy groups -OCH3 is 1. The number of carbonyl (C=O) groups excluding carboxylic acids is 1. The Hall–Kier alpha value is -2.09. The number of nitrogens with one attached hydrogen (secondary N) is 1. The van der Waals surface area contributed by atoms with Crippen molar-refractivity contribution in [1.82, 2.24) is 0 Å². The van der Waals surface area contributed by atoms with Gasteiger partial charge in [-0.25, -0.2) is 13.6 Å². The van der Waals surface area contributed by atoms with Crippen molar-refractivity contribution in [2.75, 3.05) is 12.4 Å². The highest BCUT2D eigenvalue weighted by Gasteiger charge is 2.67. The zero-order valence-electron chi connectivity index (χ0n) is 14.1. The first-order valence-electron chi connectivity index (χ1n) is 7.82. The summed E-state index contributed by atoms with van der Waals surface area (Å²) < 4.78 is 30.7. The van der Waals surface area contributed by atoms with Crippen LogP contribution in [-0.2, 0) is 4.79 Å². The molecule has 0 spiro atoms. The van der Waals surface area contributed by atoms with Gasteiger partial charge in [0, 0.05) is 17.7 Å². The minimum Gasteiger partial charge on any atom is -0.493 e. The van der Waals surface area contributed by atoms with Gasteiger partial charge >= 0.3 is 5.97 Å². The smallest absolute Gasteiger partial charge is 0.339 e. The molecule has 5 nitrogen and oxygen atoms in total. The summed E-state index contributed by atoms with van der Waals surface area (Å²) in [5.74, 6) is -5.74. The number of amides is 1. The third-order valence-electron chi connectivity index (χ3n) is 4.38. The molecule has 0 saturated heterocycles. The van der Waals surface area contributed by atoms with Crippen LogP contribution in [0.15, 0.2) is 30.3 Å². The van der Waals surface area contributed by atoms with Crippen molar-refractivity contribution in [3.05, 3.63) is 58.1 Å². The molecular weight excluding hydrogens is 439 g/mol. The molecule has 3 rings (SSSR count). The summed E-state index contributed by atoms with van der Waals surface area (Å²) in [6.45, 7) is 0. The second kappa shape index (κ2) is 7.39. The maximum Gasteiger partial charge on any atom is 0.339 e. The van der Waals surface area contributed by atoms with Gasteiger partial charge in [0.25, 0.3) is 0 Å². The molecule has 2 atom stereocenters. The molecule has 10 heteroatoms. The van der Waals surface area contributed by atoms with E-state index in [1.54, 1.807) is 0 Å². The van der Waals surface area contributed by atoms with E-state index in [0.29, 0.717) is 5.56 Å². The average Bonchev–Trinajstić information content (AvgIpc) is 3.19. The Labute approximate surface area is 173 Å². The molecule has 1 aliphatic rings. The van der Waals surface area contributed by atoms with Crippen molar-refractivity contribution in [1.29, 1.82) is 0 Å². The monoisotopic (exact) mass is 449 g/mol. The van der Waals surface area contributed by atoms with Gasteiger partial charge < -0.3 is 15.2 Å². The van der Waals surface area contributed by atoms with Gasteiger partial charge in [-0.3, -0.25) is 4.79 Å². The molecule has 0 heterocycles. The number of ether oxygens (including phenoxy) is 1. The summed E-state index contributed by atoms with van der Waals surface area (Å²) in [5, 5.41) is 11.4. The van der Waals surface area contributed by atoms with Crippen molar-refractivity contribution < 1.29 is 28.2 Å². The molecule has 0 aliphatic heterocycles. The molecule has 2 aromatic carbocycles. The SMILES string of the molecule is COc1c(F)cc(NC(=O)C2C(c3ccc(F)c(Cl)c3)C2(Cl)Cl)cc1C(=O)O. The van der Waals surface area contributed by atoms with Gasteiger partial charge in [-0.1, -0.05) is 17.7 Å². The van der Waals surface area contributed by atoms with Gasteiger partial charge in [-0.2, -0.15) is 0 Å². The Bertz CT molecular complexity index is 984. The topological polar surface area (TPSA) is 75.6 Å². The first kappa shape index (κ1) is 20.6. The number of rotatable bonds is 5. The fourth-order valence-corrected chi connectivity index (χ4v) is 4.04. The van der Waals surface area contributed by atoms with Crippen LogP contribution in [-0.4, -0.2) is 28.4 Å². The van der Waals surface area contributed by atoms with Crippen LogP contribution in [0.1, 0.15) is 21.8 Å². The summed E-state index contributed by atoms with van der Waals surface area (Å²) in [6, 6.07) is 5.84. The summed E-state index contributed by atoms with van der Waals surface area (Å²) in [7, 11) is 1.13. The highest BCUT2D eigenvalue weighted by Crippen LogP contribution is 2.65. The summed E-state index contributed by atoms with van der Waals surface area (Å²) in [6.07, 6.45) is 0. The highest BCUT2D eigenvalue weighted by molar-refractivity contribution is 6.53. The van der Waals surface area contributed by atoms with Crippen LogP contribution < -0.4 is 10.1 Å². The van der Waals surface area contributed by atoms with E-state index in [9.17, 15) is 23.5 Å². The molecule has 0 bridgehead atoms. The summed E-state index contributed by atoms with van der Waals surface area (Å²) in [4.78, 5) is 23.9. The lowest BCUT2D eigenvalue weighted by Crippen LogP contribution is -2.18. The van der Waals surface area contributed by atoms with E-state index in [1.807, 2.05) is 0 Å². The van der Waals surface area contributed by atoms with E-state index in [-0.39, 0.29) is 10.7 Å². The Morgan fingerprint density at radius 1 is 1.18 bits per heavy atom. The maximum atomic E-state index is 14.1. The molecule has 2 unspecified atom stereocenters. The van der Waals surface area contributed by atoms with E-state index in [0.717, 1.165) is 25.3 Å². The summed E-state index contributed by atoms with van der Waals surface area (Å²) in [5.41, 5.74) is -0.102. The van der Waals surface area contributed by atoms with E-state index in [2.05, 4.69) is 5.32 Å². The number of alkyl halides is 2. The molecule has 0 aromatic heterocycles. The van der Waals surface area contributed by atoms with Crippen molar-refractivity contribution in [2.24, 2.45) is 5.92 Å². The van der Waals surface area contributed by atoms with Crippen molar-refractivity contribution in [2.45, 2.75) is 10.3 Å². The Kier molecular flexibility index (Phi) is 5.44. The molecule has 28 heavy (non-hydrogen) atoms. The number of aromatic carboxylic acids is 1. The Balaban J connectivity index is 1.85. The van der Waals surface area contributed by atoms with Gasteiger partial charge in [0.05, 0.1) is 18.1 Å². The number of carboxylic acids is 1. The maximum absolute atomic E-state index is 14.1. The van der Waals surface area contributed by atoms with Crippen LogP contribution in [0.3, 0.4) is 0 Å². The number of carboxylic acid groups (broad SMARTS) is 1. The van der Waals surface area contributed by atoms with Crippen LogP contribution in [0, 0.1) is 17.6 Å². The molecule has 1 aliphatic carbocycles. The van der Waals surface area contributed by atoms with Gasteiger partial charge in [-0.15, -0.1) is 23.2 Å². The van der Waals surface area contributed by atoms with Gasteiger partial charge in [0.1, 0.15) is 15.7 Å². The summed E-state index contributed by atoms with van der Waals surface area (Å²) >= 11 is 18.2. The first-order valence-corrected chi connectivity index (χ1v) is 8.95. The second-order valence-corrected chi connectivity index (χ2v) is 7.99. The molecular formula is C18H12Cl3F2NO4. The lowest BCUT2D eigenvalue weighted by Gasteiger charge is -2.10. The quantitative estimate of drug-likeness (QED) is 0.639. The number of benzene rings is 2. The molecule has 0 radical (unpaired) electrons. The number of halogens is 5. The van der Waals surface area contributed by atoms with E-state index in [1.165, 1.54) is 12.1 Å². The van der Waals surface area contributed by atoms with E-state index < -0.39 is 51.0 Å². The third kappa shape index (κ3) is 3.62. The van der Waals surface area contributed by atoms with Crippen molar-refractivity contribution >= 4 is 52.4 Å². The van der Waals surface area contributed by atoms with Gasteiger partial charge in [-0.05, 0) is 23.8 Å². The van der Waals surface area contributed by atoms with E-state index >= 15 is 0 Å². The predicted molar refractivity (Wildman–Crippen MR) is 101 cm³/mol. The highest BCUT2D eigenvalue weighted by atomic mass is 35.5. The number of anilines is 1. The van der Waals surface area contributed by atoms with Crippen LogP contribution in [0.4, 0.5) is 14.5 Å². The number of hydrogen-bond acceptors (Lipinski definition) is 3. The zero-order valence-corrected chi connectivity index (χ0v) is 16.4. The molecule has 148 valence electrons. The van der Waals surface area contributed by atoms with E-state index in [4.69, 9.17) is 39.5 Å². The van der Waals surface area contributed by atoms with Crippen LogP contribution in [0.5, 0.6) is 5.75 Å². The van der Waals surface area contributed by atoms with Crippen molar-refractivity contribution in [3.63, 3.8) is 0 Å². The van der Waals surface area contributed by atoms with Crippen LogP contribution >= 0.6 is 34.8 Å². The average molecular weight is 451 g/mol. The van der Waals surface area contributed by atoms with Gasteiger partial charge in [0.15, 0.2) is 11.6 Å². The van der Waals surface area contributed by atoms with Crippen LogP contribution in [0.25, 0.3) is 0 Å². The first-order chi connectivity index (χ1) is 13.1. The Morgan fingerprint density at radius 2 is 1.86 bits per heavy atom. The largest absolute Gasteiger partial charge is 0.493 e. The molecule has 2 aromatic rings. The fraction of sp³-hybridized carbons (Fsp3) is 0.222. The number of carbonyl (C=O) groups is 2. The lowest BCUT2D eigenvalue weighted by molar-refractivity contribution is -0.117. The molecule has 1 saturated carbocycles. The minimum absolute atomic E-state index is 0.104. The third-order valence-corrected chi connectivity index (χ3v) is 5.61. The lowest BCUT2D eigenvalue weighted by atomic mass is 10.1. The fourth-order valence-electron chi connectivity index (χ4n) is 3.03. The second-order valence-electron chi connectivity index (χ2n) is 6.14. The Morgan fingerprint density at radius 3 is 2.43 bits per heavy atom.